The van der Waals surface area contributed by atoms with Crippen LogP contribution in [0, 0.1) is 5.82 Å². The summed E-state index contributed by atoms with van der Waals surface area (Å²) in [5, 5.41) is 15.4. The Balaban J connectivity index is 1.56. The van der Waals surface area contributed by atoms with Gasteiger partial charge < -0.3 is 10.1 Å². The van der Waals surface area contributed by atoms with Gasteiger partial charge >= 0.3 is 0 Å². The van der Waals surface area contributed by atoms with Gasteiger partial charge in [0.15, 0.2) is 11.5 Å². The maximum Gasteiger partial charge on any atom is 0.253 e. The molecule has 0 aliphatic carbocycles. The predicted molar refractivity (Wildman–Crippen MR) is 105 cm³/mol. The average Bonchev–Trinajstić information content (AvgIpc) is 3.14. The van der Waals surface area contributed by atoms with Gasteiger partial charge in [0.25, 0.3) is 5.91 Å². The summed E-state index contributed by atoms with van der Waals surface area (Å²) in [4.78, 5) is 12.3. The molecular formula is C20H15ClFN5O2. The Morgan fingerprint density at radius 3 is 2.66 bits per heavy atom. The van der Waals surface area contributed by atoms with Gasteiger partial charge in [0.2, 0.25) is 0 Å². The third-order valence-electron chi connectivity index (χ3n) is 4.30. The lowest BCUT2D eigenvalue weighted by Crippen LogP contribution is -2.24. The van der Waals surface area contributed by atoms with E-state index < -0.39 is 11.7 Å². The number of halogens is 2. The number of carbonyl (C=O) groups is 1. The van der Waals surface area contributed by atoms with Gasteiger partial charge in [-0.25, -0.2) is 4.39 Å². The molecule has 0 unspecified atom stereocenters. The molecule has 7 nitrogen and oxygen atoms in total. The lowest BCUT2D eigenvalue weighted by molar-refractivity contribution is 0.0950. The highest BCUT2D eigenvalue weighted by Gasteiger charge is 2.14. The first-order valence-electron chi connectivity index (χ1n) is 8.64. The Hall–Kier alpha value is -3.52. The Labute approximate surface area is 170 Å². The van der Waals surface area contributed by atoms with Crippen LogP contribution in [0.5, 0.6) is 5.75 Å². The van der Waals surface area contributed by atoms with Gasteiger partial charge in [0.1, 0.15) is 11.6 Å². The van der Waals surface area contributed by atoms with E-state index in [0.717, 1.165) is 17.4 Å². The van der Waals surface area contributed by atoms with Gasteiger partial charge in [-0.3, -0.25) is 4.79 Å². The van der Waals surface area contributed by atoms with Crippen LogP contribution < -0.4 is 10.1 Å². The van der Waals surface area contributed by atoms with E-state index in [2.05, 4.69) is 20.6 Å². The lowest BCUT2D eigenvalue weighted by Gasteiger charge is -2.07. The van der Waals surface area contributed by atoms with Crippen LogP contribution in [0.1, 0.15) is 16.2 Å². The van der Waals surface area contributed by atoms with E-state index in [-0.39, 0.29) is 17.1 Å². The van der Waals surface area contributed by atoms with Crippen molar-refractivity contribution in [3.05, 3.63) is 76.8 Å². The number of amides is 1. The molecule has 1 amide bonds. The maximum absolute atomic E-state index is 13.2. The number of nitrogens with one attached hydrogen (secondary N) is 1. The highest BCUT2D eigenvalue weighted by Crippen LogP contribution is 2.21. The van der Waals surface area contributed by atoms with E-state index in [1.807, 2.05) is 30.3 Å². The van der Waals surface area contributed by atoms with Crippen molar-refractivity contribution in [2.75, 3.05) is 7.11 Å². The summed E-state index contributed by atoms with van der Waals surface area (Å²) in [7, 11) is 1.61. The molecule has 0 saturated heterocycles. The minimum absolute atomic E-state index is 0.0357. The van der Waals surface area contributed by atoms with Crippen molar-refractivity contribution in [3.63, 3.8) is 0 Å². The molecule has 146 valence electrons. The monoisotopic (exact) mass is 411 g/mol. The molecule has 0 aliphatic rings. The zero-order valence-corrected chi connectivity index (χ0v) is 16.0. The fraction of sp³-hybridized carbons (Fsp3) is 0.100. The quantitative estimate of drug-likeness (QED) is 0.543. The first-order valence-corrected chi connectivity index (χ1v) is 9.02. The lowest BCUT2D eigenvalue weighted by atomic mass is 10.1. The number of hydrogen-bond donors (Lipinski definition) is 1. The first-order chi connectivity index (χ1) is 14.0. The number of carbonyl (C=O) groups excluding carboxylic acids is 1. The van der Waals surface area contributed by atoms with Crippen LogP contribution in [0.3, 0.4) is 0 Å². The Morgan fingerprint density at radius 2 is 1.93 bits per heavy atom. The van der Waals surface area contributed by atoms with Crippen molar-refractivity contribution >= 4 is 23.2 Å². The molecular weight excluding hydrogens is 397 g/mol. The zero-order valence-electron chi connectivity index (χ0n) is 15.3. The third-order valence-corrected chi connectivity index (χ3v) is 4.61. The number of rotatable bonds is 5. The molecule has 0 spiro atoms. The molecule has 4 aromatic rings. The molecule has 2 aromatic carbocycles. The van der Waals surface area contributed by atoms with Crippen LogP contribution in [-0.2, 0) is 6.54 Å². The van der Waals surface area contributed by atoms with Crippen LogP contribution in [0.4, 0.5) is 4.39 Å². The summed E-state index contributed by atoms with van der Waals surface area (Å²) in [5.74, 6) is 0.243. The van der Waals surface area contributed by atoms with Crippen molar-refractivity contribution in [2.45, 2.75) is 6.54 Å². The predicted octanol–water partition coefficient (Wildman–Crippen LogP) is 3.52. The highest BCUT2D eigenvalue weighted by molar-refractivity contribution is 6.33. The van der Waals surface area contributed by atoms with Crippen molar-refractivity contribution < 1.29 is 13.9 Å². The molecule has 2 heterocycles. The first kappa shape index (κ1) is 18.8. The molecule has 0 bridgehead atoms. The normalized spacial score (nSPS) is 10.9. The van der Waals surface area contributed by atoms with Crippen molar-refractivity contribution in [3.8, 4) is 17.0 Å². The minimum atomic E-state index is -0.509. The summed E-state index contributed by atoms with van der Waals surface area (Å²) in [5.41, 5.74) is 2.34. The number of methoxy groups -OCH3 is 1. The molecule has 0 radical (unpaired) electrons. The van der Waals surface area contributed by atoms with Crippen LogP contribution in [0.25, 0.3) is 16.9 Å². The maximum atomic E-state index is 13.2. The molecule has 0 saturated carbocycles. The molecule has 2 aromatic heterocycles. The second kappa shape index (κ2) is 7.84. The number of nitrogens with zero attached hydrogens (tertiary/aromatic N) is 4. The number of aromatic nitrogens is 4. The Bertz CT molecular complexity index is 1190. The summed E-state index contributed by atoms with van der Waals surface area (Å²) < 4.78 is 19.9. The van der Waals surface area contributed by atoms with E-state index in [9.17, 15) is 9.18 Å². The van der Waals surface area contributed by atoms with Crippen molar-refractivity contribution in [1.29, 1.82) is 0 Å². The van der Waals surface area contributed by atoms with E-state index >= 15 is 0 Å². The molecule has 0 fully saturated rings. The average molecular weight is 412 g/mol. The fourth-order valence-corrected chi connectivity index (χ4v) is 3.04. The zero-order chi connectivity index (χ0) is 20.4. The number of fused-ring (bicyclic) bond motifs is 1. The third kappa shape index (κ3) is 3.88. The van der Waals surface area contributed by atoms with E-state index in [4.69, 9.17) is 16.3 Å². The van der Waals surface area contributed by atoms with Gasteiger partial charge in [-0.15, -0.1) is 10.2 Å². The summed E-state index contributed by atoms with van der Waals surface area (Å²) in [6, 6.07) is 14.7. The molecule has 9 heteroatoms. The van der Waals surface area contributed by atoms with Crippen molar-refractivity contribution in [2.24, 2.45) is 0 Å². The Kier molecular flexibility index (Phi) is 5.09. The Morgan fingerprint density at radius 1 is 1.14 bits per heavy atom. The highest BCUT2D eigenvalue weighted by atomic mass is 35.5. The SMILES string of the molecule is COc1ccc(-c2ccc3nnc(CNC(=O)c4ccc(F)cc4Cl)n3n2)cc1. The standard InChI is InChI=1S/C20H15ClFN5O2/c1-29-14-5-2-12(3-6-14)17-8-9-18-24-25-19(27(18)26-17)11-23-20(28)15-7-4-13(22)10-16(15)21/h2-10H,11H2,1H3,(H,23,28). The van der Waals surface area contributed by atoms with Crippen molar-refractivity contribution in [1.82, 2.24) is 25.1 Å². The van der Waals surface area contributed by atoms with Gasteiger partial charge in [0.05, 0.1) is 29.9 Å². The molecule has 4 rings (SSSR count). The second-order valence-electron chi connectivity index (χ2n) is 6.14. The van der Waals surface area contributed by atoms with Crippen LogP contribution >= 0.6 is 11.6 Å². The van der Waals surface area contributed by atoms with Gasteiger partial charge in [-0.05, 0) is 54.6 Å². The number of ether oxygens (including phenoxy) is 1. The van der Waals surface area contributed by atoms with Gasteiger partial charge in [-0.2, -0.15) is 9.61 Å². The van der Waals surface area contributed by atoms with Crippen LogP contribution in [0.2, 0.25) is 5.02 Å². The minimum Gasteiger partial charge on any atom is -0.497 e. The second-order valence-corrected chi connectivity index (χ2v) is 6.55. The largest absolute Gasteiger partial charge is 0.497 e. The molecule has 0 atom stereocenters. The number of benzene rings is 2. The molecule has 0 aliphatic heterocycles. The summed E-state index contributed by atoms with van der Waals surface area (Å²) in [6.45, 7) is 0.0762. The van der Waals surface area contributed by atoms with E-state index in [0.29, 0.717) is 17.2 Å². The summed E-state index contributed by atoms with van der Waals surface area (Å²) in [6.07, 6.45) is 0. The summed E-state index contributed by atoms with van der Waals surface area (Å²) >= 11 is 5.93. The smallest absolute Gasteiger partial charge is 0.253 e. The van der Waals surface area contributed by atoms with Gasteiger partial charge in [-0.1, -0.05) is 11.6 Å². The van der Waals surface area contributed by atoms with E-state index in [1.54, 1.807) is 17.7 Å². The van der Waals surface area contributed by atoms with Crippen LogP contribution in [0.15, 0.2) is 54.6 Å². The van der Waals surface area contributed by atoms with Gasteiger partial charge in [0, 0.05) is 5.56 Å². The fourth-order valence-electron chi connectivity index (χ4n) is 2.79. The van der Waals surface area contributed by atoms with E-state index in [1.165, 1.54) is 12.1 Å². The topological polar surface area (TPSA) is 81.4 Å². The molecule has 29 heavy (non-hydrogen) atoms. The van der Waals surface area contributed by atoms with Crippen LogP contribution in [-0.4, -0.2) is 32.8 Å². The molecule has 1 N–H and O–H groups in total. The number of hydrogen-bond acceptors (Lipinski definition) is 5.